The number of rotatable bonds is 15. The second-order valence-corrected chi connectivity index (χ2v) is 16.2. The van der Waals surface area contributed by atoms with E-state index in [1.807, 2.05) is 113 Å². The average molecular weight is 789 g/mol. The Hall–Kier alpha value is -4.34. The zero-order chi connectivity index (χ0) is 39.2. The predicted molar refractivity (Wildman–Crippen MR) is 220 cm³/mol. The second kappa shape index (κ2) is 20.2. The molecule has 0 saturated carbocycles. The minimum atomic E-state index is -0.526. The Bertz CT molecular complexity index is 1780. The van der Waals surface area contributed by atoms with Gasteiger partial charge in [-0.25, -0.2) is 4.79 Å². The van der Waals surface area contributed by atoms with Crippen molar-refractivity contribution in [3.05, 3.63) is 112 Å². The zero-order valence-electron chi connectivity index (χ0n) is 32.8. The molecule has 2 atom stereocenters. The maximum Gasteiger partial charge on any atom is 0.408 e. The third kappa shape index (κ3) is 15.7. The molecule has 0 saturated heterocycles. The Kier molecular flexibility index (Phi) is 16.4. The molecule has 8 nitrogen and oxygen atoms in total. The topological polar surface area (TPSA) is 112 Å². The second-order valence-electron chi connectivity index (χ2n) is 15.3. The summed E-state index contributed by atoms with van der Waals surface area (Å²) in [6, 6.07) is 29.5. The van der Waals surface area contributed by atoms with E-state index >= 15 is 0 Å². The van der Waals surface area contributed by atoms with Crippen LogP contribution in [0.25, 0.3) is 11.1 Å². The van der Waals surface area contributed by atoms with Crippen LogP contribution in [0.2, 0.25) is 0 Å². The maximum atomic E-state index is 12.3. The van der Waals surface area contributed by atoms with Crippen molar-refractivity contribution < 1.29 is 23.8 Å². The van der Waals surface area contributed by atoms with E-state index in [2.05, 4.69) is 60.3 Å². The van der Waals surface area contributed by atoms with Gasteiger partial charge in [0.1, 0.15) is 31.3 Å². The van der Waals surface area contributed by atoms with Gasteiger partial charge in [0.15, 0.2) is 0 Å². The molecule has 53 heavy (non-hydrogen) atoms. The summed E-state index contributed by atoms with van der Waals surface area (Å²) in [5.41, 5.74) is 11.5. The molecule has 286 valence electrons. The fourth-order valence-corrected chi connectivity index (χ4v) is 6.74. The number of alkyl carbamates (subject to hydrolysis) is 1. The number of carbonyl (C=O) groups is 2. The summed E-state index contributed by atoms with van der Waals surface area (Å²) in [4.78, 5) is 23.6. The summed E-state index contributed by atoms with van der Waals surface area (Å²) in [7, 11) is 0. The molecular weight excluding hydrogens is 730 g/mol. The Labute approximate surface area is 325 Å². The van der Waals surface area contributed by atoms with Gasteiger partial charge in [-0.2, -0.15) is 0 Å². The van der Waals surface area contributed by atoms with E-state index in [1.165, 1.54) is 6.92 Å². The van der Waals surface area contributed by atoms with Crippen LogP contribution in [0.3, 0.4) is 0 Å². The van der Waals surface area contributed by atoms with Crippen LogP contribution in [0.15, 0.2) is 95.5 Å². The quantitative estimate of drug-likeness (QED) is 0.111. The highest BCUT2D eigenvalue weighted by molar-refractivity contribution is 9.10. The minimum Gasteiger partial charge on any atom is -0.491 e. The van der Waals surface area contributed by atoms with Gasteiger partial charge in [-0.05, 0) is 123 Å². The molecule has 0 aliphatic heterocycles. The van der Waals surface area contributed by atoms with Gasteiger partial charge in [0.2, 0.25) is 5.91 Å². The Balaban J connectivity index is 0.000000286. The molecule has 4 aromatic rings. The summed E-state index contributed by atoms with van der Waals surface area (Å²) in [5, 5.41) is 5.82. The molecule has 4 N–H and O–H groups in total. The first-order valence-electron chi connectivity index (χ1n) is 18.2. The number of aryl methyl sites for hydroxylation is 2. The van der Waals surface area contributed by atoms with Crippen LogP contribution in [0.4, 0.5) is 10.5 Å². The van der Waals surface area contributed by atoms with Crippen molar-refractivity contribution in [3.63, 3.8) is 0 Å². The lowest BCUT2D eigenvalue weighted by Gasteiger charge is -2.32. The number of nitrogens with one attached hydrogen (secondary N) is 2. The van der Waals surface area contributed by atoms with Gasteiger partial charge >= 0.3 is 6.09 Å². The zero-order valence-corrected chi connectivity index (χ0v) is 34.4. The monoisotopic (exact) mass is 787 g/mol. The van der Waals surface area contributed by atoms with Crippen LogP contribution >= 0.6 is 15.9 Å². The number of benzene rings is 4. The highest BCUT2D eigenvalue weighted by Crippen LogP contribution is 2.29. The number of anilines is 1. The number of hydrogen-bond acceptors (Lipinski definition) is 6. The van der Waals surface area contributed by atoms with Crippen molar-refractivity contribution in [1.29, 1.82) is 0 Å². The molecule has 2 amide bonds. The van der Waals surface area contributed by atoms with Crippen LogP contribution < -0.4 is 25.8 Å². The van der Waals surface area contributed by atoms with E-state index in [1.54, 1.807) is 0 Å². The summed E-state index contributed by atoms with van der Waals surface area (Å²) >= 11 is 3.46. The lowest BCUT2D eigenvalue weighted by molar-refractivity contribution is -0.114. The summed E-state index contributed by atoms with van der Waals surface area (Å²) in [6.45, 7) is 19.3. The molecule has 0 aliphatic carbocycles. The van der Waals surface area contributed by atoms with Crippen molar-refractivity contribution in [2.45, 2.75) is 92.8 Å². The lowest BCUT2D eigenvalue weighted by atomic mass is 9.91. The standard InChI is InChI=1S/C22H28BrNO3.C22H30N2O2/c1-16(2)13-22(4,15-27-20-11-10-19(23)12-17(20)3)24-21(25)26-14-18-8-6-5-7-9-18;1-15(2)13-22(5,23)14-26-21-10-9-19(11-16(21)3)18-7-6-8-20(12-18)24-17(4)25/h5-12,16H,13-15H2,1-4H3,(H,24,25);6-12,15H,13-14,23H2,1-5H3,(H,24,25). The highest BCUT2D eigenvalue weighted by atomic mass is 79.9. The van der Waals surface area contributed by atoms with Gasteiger partial charge in [-0.1, -0.05) is 92.2 Å². The van der Waals surface area contributed by atoms with E-state index in [0.29, 0.717) is 25.0 Å². The largest absolute Gasteiger partial charge is 0.491 e. The van der Waals surface area contributed by atoms with Crippen molar-refractivity contribution in [2.75, 3.05) is 18.5 Å². The maximum absolute atomic E-state index is 12.3. The number of carbonyl (C=O) groups excluding carboxylic acids is 2. The van der Waals surface area contributed by atoms with Crippen LogP contribution in [0, 0.1) is 25.7 Å². The van der Waals surface area contributed by atoms with E-state index in [0.717, 1.165) is 62.3 Å². The molecular formula is C44H58BrN3O5. The molecule has 0 bridgehead atoms. The molecule has 4 aromatic carbocycles. The first kappa shape index (κ1) is 43.1. The predicted octanol–water partition coefficient (Wildman–Crippen LogP) is 10.6. The van der Waals surface area contributed by atoms with Crippen molar-refractivity contribution in [3.8, 4) is 22.6 Å². The molecule has 0 aromatic heterocycles. The third-order valence-corrected chi connectivity index (χ3v) is 8.78. The van der Waals surface area contributed by atoms with E-state index in [4.69, 9.17) is 19.9 Å². The Morgan fingerprint density at radius 2 is 1.36 bits per heavy atom. The first-order chi connectivity index (χ1) is 24.9. The summed E-state index contributed by atoms with van der Waals surface area (Å²) in [6.07, 6.45) is 1.27. The molecule has 0 aliphatic rings. The number of amides is 2. The average Bonchev–Trinajstić information content (AvgIpc) is 3.06. The van der Waals surface area contributed by atoms with Crippen LogP contribution in [0.5, 0.6) is 11.5 Å². The third-order valence-electron chi connectivity index (χ3n) is 8.28. The van der Waals surface area contributed by atoms with Crippen molar-refractivity contribution >= 4 is 33.6 Å². The first-order valence-corrected chi connectivity index (χ1v) is 19.0. The summed E-state index contributed by atoms with van der Waals surface area (Å²) in [5.74, 6) is 2.53. The molecule has 0 heterocycles. The SMILES string of the molecule is CC(=O)Nc1cccc(-c2ccc(OCC(C)(N)CC(C)C)c(C)c2)c1.Cc1cc(Br)ccc1OCC(C)(CC(C)C)NC(=O)OCc1ccccc1. The number of hydrogen-bond donors (Lipinski definition) is 3. The number of ether oxygens (including phenoxy) is 3. The van der Waals surface area contributed by atoms with Crippen LogP contribution in [0.1, 0.15) is 78.0 Å². The molecule has 0 radical (unpaired) electrons. The van der Waals surface area contributed by atoms with Gasteiger partial charge < -0.3 is 30.6 Å². The lowest BCUT2D eigenvalue weighted by Crippen LogP contribution is -2.51. The van der Waals surface area contributed by atoms with Gasteiger partial charge in [-0.3, -0.25) is 4.79 Å². The van der Waals surface area contributed by atoms with Crippen molar-refractivity contribution in [1.82, 2.24) is 5.32 Å². The molecule has 2 unspecified atom stereocenters. The fraction of sp³-hybridized carbons (Fsp3) is 0.409. The summed E-state index contributed by atoms with van der Waals surface area (Å²) < 4.78 is 18.4. The number of halogens is 1. The van der Waals surface area contributed by atoms with Crippen molar-refractivity contribution in [2.24, 2.45) is 17.6 Å². The van der Waals surface area contributed by atoms with Gasteiger partial charge in [0, 0.05) is 22.6 Å². The minimum absolute atomic E-state index is 0.0756. The van der Waals surface area contributed by atoms with Gasteiger partial charge in [0.05, 0.1) is 5.54 Å². The van der Waals surface area contributed by atoms with E-state index in [-0.39, 0.29) is 18.1 Å². The van der Waals surface area contributed by atoms with Gasteiger partial charge in [0.25, 0.3) is 0 Å². The van der Waals surface area contributed by atoms with E-state index < -0.39 is 11.6 Å². The molecule has 0 spiro atoms. The van der Waals surface area contributed by atoms with Gasteiger partial charge in [-0.15, -0.1) is 0 Å². The fourth-order valence-electron chi connectivity index (χ4n) is 6.27. The van der Waals surface area contributed by atoms with Crippen LogP contribution in [-0.4, -0.2) is 36.3 Å². The van der Waals surface area contributed by atoms with E-state index in [9.17, 15) is 9.59 Å². The molecule has 9 heteroatoms. The molecule has 4 rings (SSSR count). The Morgan fingerprint density at radius 1 is 0.755 bits per heavy atom. The highest BCUT2D eigenvalue weighted by Gasteiger charge is 2.30. The number of nitrogens with two attached hydrogens (primary N) is 1. The normalized spacial score (nSPS) is 13.2. The smallest absolute Gasteiger partial charge is 0.408 e. The Morgan fingerprint density at radius 3 is 1.96 bits per heavy atom. The molecule has 0 fully saturated rings. The van der Waals surface area contributed by atoms with Crippen LogP contribution in [-0.2, 0) is 16.1 Å².